The Morgan fingerprint density at radius 3 is 2.65 bits per heavy atom. The van der Waals surface area contributed by atoms with Gasteiger partial charge < -0.3 is 10.1 Å². The third-order valence-corrected chi connectivity index (χ3v) is 4.15. The molecule has 1 aromatic rings. The van der Waals surface area contributed by atoms with Gasteiger partial charge in [0.25, 0.3) is 5.91 Å². The van der Waals surface area contributed by atoms with Gasteiger partial charge in [0.2, 0.25) is 10.0 Å². The summed E-state index contributed by atoms with van der Waals surface area (Å²) in [4.78, 5) is 23.1. The topological polar surface area (TPSA) is 102 Å². The molecule has 0 unspecified atom stereocenters. The Balaban J connectivity index is 2.79. The second-order valence-electron chi connectivity index (χ2n) is 4.86. The predicted octanol–water partition coefficient (Wildman–Crippen LogP) is 0.279. The molecule has 8 heteroatoms. The van der Waals surface area contributed by atoms with Crippen molar-refractivity contribution in [3.63, 3.8) is 0 Å². The molecule has 1 rings (SSSR count). The van der Waals surface area contributed by atoms with Crippen LogP contribution in [0.4, 0.5) is 0 Å². The van der Waals surface area contributed by atoms with Crippen LogP contribution in [0.2, 0.25) is 0 Å². The monoisotopic (exact) mass is 338 g/mol. The van der Waals surface area contributed by atoms with Crippen molar-refractivity contribution in [2.24, 2.45) is 0 Å². The van der Waals surface area contributed by atoms with Crippen molar-refractivity contribution in [3.8, 4) is 12.3 Å². The van der Waals surface area contributed by atoms with Gasteiger partial charge in [-0.25, -0.2) is 17.9 Å². The molecule has 0 aliphatic rings. The van der Waals surface area contributed by atoms with E-state index in [2.05, 4.69) is 16.0 Å². The highest BCUT2D eigenvalue weighted by Crippen LogP contribution is 2.13. The first-order chi connectivity index (χ1) is 10.8. The first-order valence-electron chi connectivity index (χ1n) is 6.76. The average molecular weight is 338 g/mol. The quantitative estimate of drug-likeness (QED) is 0.549. The van der Waals surface area contributed by atoms with Gasteiger partial charge >= 0.3 is 5.97 Å². The molecule has 0 fully saturated rings. The lowest BCUT2D eigenvalue weighted by Gasteiger charge is -2.10. The van der Waals surface area contributed by atoms with E-state index in [1.165, 1.54) is 24.3 Å². The van der Waals surface area contributed by atoms with Crippen LogP contribution in [0, 0.1) is 12.3 Å². The normalized spacial score (nSPS) is 10.9. The zero-order valence-electron chi connectivity index (χ0n) is 12.8. The molecular weight excluding hydrogens is 320 g/mol. The SMILES string of the molecule is C#CCNC(=O)COC(=O)c1cccc(S(=O)(=O)NC(C)C)c1. The Bertz CT molecular complexity index is 720. The Hall–Kier alpha value is -2.37. The maximum absolute atomic E-state index is 12.1. The van der Waals surface area contributed by atoms with Crippen LogP contribution in [0.5, 0.6) is 0 Å². The van der Waals surface area contributed by atoms with E-state index in [4.69, 9.17) is 11.2 Å². The number of terminal acetylenes is 1. The van der Waals surface area contributed by atoms with Crippen molar-refractivity contribution in [1.82, 2.24) is 10.0 Å². The number of rotatable bonds is 7. The van der Waals surface area contributed by atoms with Crippen LogP contribution in [0.1, 0.15) is 24.2 Å². The van der Waals surface area contributed by atoms with Gasteiger partial charge in [-0.1, -0.05) is 12.0 Å². The summed E-state index contributed by atoms with van der Waals surface area (Å²) in [7, 11) is -3.72. The zero-order chi connectivity index (χ0) is 17.5. The number of sulfonamides is 1. The minimum atomic E-state index is -3.72. The fraction of sp³-hybridized carbons (Fsp3) is 0.333. The van der Waals surface area contributed by atoms with Crippen LogP contribution in [0.25, 0.3) is 0 Å². The van der Waals surface area contributed by atoms with E-state index >= 15 is 0 Å². The minimum absolute atomic E-state index is 0.0291. The molecule has 0 heterocycles. The van der Waals surface area contributed by atoms with Gasteiger partial charge in [-0.05, 0) is 32.0 Å². The lowest BCUT2D eigenvalue weighted by atomic mass is 10.2. The van der Waals surface area contributed by atoms with E-state index in [1.54, 1.807) is 13.8 Å². The molecule has 0 radical (unpaired) electrons. The summed E-state index contributed by atoms with van der Waals surface area (Å²) >= 11 is 0. The second-order valence-corrected chi connectivity index (χ2v) is 6.57. The fourth-order valence-corrected chi connectivity index (χ4v) is 2.88. The molecule has 0 aliphatic heterocycles. The standard InChI is InChI=1S/C15H18N2O5S/c1-4-8-16-14(18)10-22-15(19)12-6-5-7-13(9-12)23(20,21)17-11(2)3/h1,5-7,9,11,17H,8,10H2,2-3H3,(H,16,18). The molecule has 0 aromatic heterocycles. The van der Waals surface area contributed by atoms with E-state index < -0.39 is 28.5 Å². The van der Waals surface area contributed by atoms with Crippen molar-refractivity contribution in [1.29, 1.82) is 0 Å². The molecule has 0 spiro atoms. The summed E-state index contributed by atoms with van der Waals surface area (Å²) in [6.45, 7) is 2.90. The van der Waals surface area contributed by atoms with Crippen molar-refractivity contribution in [3.05, 3.63) is 29.8 Å². The smallest absolute Gasteiger partial charge is 0.338 e. The maximum Gasteiger partial charge on any atom is 0.338 e. The predicted molar refractivity (Wildman–Crippen MR) is 84.0 cm³/mol. The van der Waals surface area contributed by atoms with Gasteiger partial charge in [-0.3, -0.25) is 4.79 Å². The number of nitrogens with one attached hydrogen (secondary N) is 2. The molecule has 1 aromatic carbocycles. The molecular formula is C15H18N2O5S. The summed E-state index contributed by atoms with van der Waals surface area (Å²) in [5.41, 5.74) is 0.0291. The molecule has 2 N–H and O–H groups in total. The molecule has 0 saturated carbocycles. The fourth-order valence-electron chi connectivity index (χ4n) is 1.58. The average Bonchev–Trinajstić information content (AvgIpc) is 2.49. The third-order valence-electron chi connectivity index (χ3n) is 2.49. The summed E-state index contributed by atoms with van der Waals surface area (Å²) in [6, 6.07) is 5.09. The van der Waals surface area contributed by atoms with E-state index in [1.807, 2.05) is 0 Å². The molecule has 124 valence electrons. The van der Waals surface area contributed by atoms with E-state index in [0.717, 1.165) is 0 Å². The van der Waals surface area contributed by atoms with Gasteiger partial charge in [-0.15, -0.1) is 6.42 Å². The van der Waals surface area contributed by atoms with Crippen molar-refractivity contribution in [2.75, 3.05) is 13.2 Å². The third kappa shape index (κ3) is 6.10. The number of hydrogen-bond donors (Lipinski definition) is 2. The Morgan fingerprint density at radius 2 is 2.04 bits per heavy atom. The molecule has 23 heavy (non-hydrogen) atoms. The number of ether oxygens (including phenoxy) is 1. The highest BCUT2D eigenvalue weighted by Gasteiger charge is 2.18. The molecule has 0 saturated heterocycles. The number of amides is 1. The highest BCUT2D eigenvalue weighted by molar-refractivity contribution is 7.89. The Kier molecular flexibility index (Phi) is 6.75. The van der Waals surface area contributed by atoms with Crippen LogP contribution in [-0.4, -0.2) is 39.5 Å². The summed E-state index contributed by atoms with van der Waals surface area (Å²) in [6.07, 6.45) is 4.98. The van der Waals surface area contributed by atoms with E-state index in [9.17, 15) is 18.0 Å². The Labute approximate surface area is 135 Å². The maximum atomic E-state index is 12.1. The highest BCUT2D eigenvalue weighted by atomic mass is 32.2. The van der Waals surface area contributed by atoms with Crippen molar-refractivity contribution < 1.29 is 22.7 Å². The number of hydrogen-bond acceptors (Lipinski definition) is 5. The van der Waals surface area contributed by atoms with Crippen LogP contribution >= 0.6 is 0 Å². The molecule has 0 aliphatic carbocycles. The van der Waals surface area contributed by atoms with Gasteiger partial charge in [0.15, 0.2) is 6.61 Å². The number of benzene rings is 1. The summed E-state index contributed by atoms with van der Waals surface area (Å²) in [5, 5.41) is 2.34. The lowest BCUT2D eigenvalue weighted by molar-refractivity contribution is -0.123. The van der Waals surface area contributed by atoms with Gasteiger partial charge in [0.05, 0.1) is 17.0 Å². The largest absolute Gasteiger partial charge is 0.452 e. The van der Waals surface area contributed by atoms with Crippen LogP contribution in [0.3, 0.4) is 0 Å². The van der Waals surface area contributed by atoms with Gasteiger partial charge in [-0.2, -0.15) is 0 Å². The zero-order valence-corrected chi connectivity index (χ0v) is 13.6. The first kappa shape index (κ1) is 18.7. The number of carbonyl (C=O) groups excluding carboxylic acids is 2. The number of esters is 1. The van der Waals surface area contributed by atoms with E-state index in [-0.39, 0.29) is 23.0 Å². The van der Waals surface area contributed by atoms with Crippen molar-refractivity contribution >= 4 is 21.9 Å². The summed E-state index contributed by atoms with van der Waals surface area (Å²) in [5.74, 6) is 0.868. The van der Waals surface area contributed by atoms with Gasteiger partial charge in [0.1, 0.15) is 0 Å². The first-order valence-corrected chi connectivity index (χ1v) is 8.24. The van der Waals surface area contributed by atoms with Crippen LogP contribution in [0.15, 0.2) is 29.2 Å². The molecule has 7 nitrogen and oxygen atoms in total. The Morgan fingerprint density at radius 1 is 1.35 bits per heavy atom. The molecule has 1 amide bonds. The second kappa shape index (κ2) is 8.31. The van der Waals surface area contributed by atoms with Crippen LogP contribution < -0.4 is 10.0 Å². The van der Waals surface area contributed by atoms with Gasteiger partial charge in [0, 0.05) is 6.04 Å². The minimum Gasteiger partial charge on any atom is -0.452 e. The van der Waals surface area contributed by atoms with E-state index in [0.29, 0.717) is 0 Å². The lowest BCUT2D eigenvalue weighted by Crippen LogP contribution is -2.30. The van der Waals surface area contributed by atoms with Crippen LogP contribution in [-0.2, 0) is 19.6 Å². The molecule has 0 bridgehead atoms. The van der Waals surface area contributed by atoms with Crippen molar-refractivity contribution in [2.45, 2.75) is 24.8 Å². The number of carbonyl (C=O) groups is 2. The summed E-state index contributed by atoms with van der Waals surface area (Å²) < 4.78 is 31.3. The molecule has 0 atom stereocenters.